The Balaban J connectivity index is 2.10. The summed E-state index contributed by atoms with van der Waals surface area (Å²) in [4.78, 5) is 14.6. The molecule has 0 aliphatic heterocycles. The maximum absolute atomic E-state index is 12.7. The number of carbonyl (C=O) groups is 1. The first-order chi connectivity index (χ1) is 13.3. The number of hydrogen-bond donors (Lipinski definition) is 1. The van der Waals surface area contributed by atoms with Gasteiger partial charge in [-0.25, -0.2) is 13.2 Å². The second-order valence-corrected chi connectivity index (χ2v) is 8.97. The van der Waals surface area contributed by atoms with Gasteiger partial charge in [0.25, 0.3) is 0 Å². The van der Waals surface area contributed by atoms with Gasteiger partial charge in [-0.3, -0.25) is 0 Å². The molecule has 7 heteroatoms. The van der Waals surface area contributed by atoms with Crippen LogP contribution >= 0.6 is 0 Å². The van der Waals surface area contributed by atoms with Gasteiger partial charge in [-0.1, -0.05) is 37.3 Å². The fourth-order valence-electron chi connectivity index (χ4n) is 2.68. The average Bonchev–Trinajstić information content (AvgIpc) is 2.68. The predicted molar refractivity (Wildman–Crippen MR) is 113 cm³/mol. The van der Waals surface area contributed by atoms with E-state index in [1.165, 1.54) is 16.4 Å². The van der Waals surface area contributed by atoms with Crippen LogP contribution in [0.5, 0.6) is 0 Å². The van der Waals surface area contributed by atoms with Gasteiger partial charge >= 0.3 is 6.03 Å². The Labute approximate surface area is 168 Å². The second kappa shape index (κ2) is 9.71. The van der Waals surface area contributed by atoms with Crippen molar-refractivity contribution in [1.82, 2.24) is 9.21 Å². The summed E-state index contributed by atoms with van der Waals surface area (Å²) in [5.74, 6) is 0. The molecule has 0 atom stereocenters. The van der Waals surface area contributed by atoms with Crippen LogP contribution in [0.15, 0.2) is 59.5 Å². The summed E-state index contributed by atoms with van der Waals surface area (Å²) >= 11 is 0. The molecule has 152 valence electrons. The van der Waals surface area contributed by atoms with Crippen LogP contribution in [0.3, 0.4) is 0 Å². The fourth-order valence-corrected chi connectivity index (χ4v) is 4.05. The number of urea groups is 1. The zero-order chi connectivity index (χ0) is 20.7. The van der Waals surface area contributed by atoms with Crippen molar-refractivity contribution < 1.29 is 13.2 Å². The van der Waals surface area contributed by atoms with Gasteiger partial charge in [-0.2, -0.15) is 4.31 Å². The SMILES string of the molecule is CCCN(Cc1ccccc1)C(=O)Nc1ccc(S(=O)(=O)N(C)C(C)C)cc1. The average molecular weight is 404 g/mol. The van der Waals surface area contributed by atoms with Crippen LogP contribution in [0.1, 0.15) is 32.8 Å². The van der Waals surface area contributed by atoms with Crippen LogP contribution in [-0.4, -0.2) is 43.3 Å². The zero-order valence-corrected chi connectivity index (χ0v) is 17.7. The normalized spacial score (nSPS) is 11.6. The second-order valence-electron chi connectivity index (χ2n) is 6.98. The lowest BCUT2D eigenvalue weighted by Crippen LogP contribution is -2.35. The molecule has 0 spiro atoms. The van der Waals surface area contributed by atoms with Gasteiger partial charge in [-0.05, 0) is 50.1 Å². The Bertz CT molecular complexity index is 866. The molecule has 2 rings (SSSR count). The molecular formula is C21H29N3O3S. The van der Waals surface area contributed by atoms with Gasteiger partial charge in [0.1, 0.15) is 0 Å². The molecule has 0 fully saturated rings. The van der Waals surface area contributed by atoms with Crippen LogP contribution in [0.4, 0.5) is 10.5 Å². The monoisotopic (exact) mass is 403 g/mol. The molecule has 0 aliphatic carbocycles. The Morgan fingerprint density at radius 3 is 2.18 bits per heavy atom. The van der Waals surface area contributed by atoms with Crippen molar-refractivity contribution in [1.29, 1.82) is 0 Å². The minimum Gasteiger partial charge on any atom is -0.320 e. The van der Waals surface area contributed by atoms with E-state index in [1.54, 1.807) is 24.1 Å². The minimum atomic E-state index is -3.54. The molecule has 0 bridgehead atoms. The van der Waals surface area contributed by atoms with Crippen molar-refractivity contribution in [2.45, 2.75) is 44.7 Å². The zero-order valence-electron chi connectivity index (χ0n) is 16.9. The maximum Gasteiger partial charge on any atom is 0.322 e. The third-order valence-electron chi connectivity index (χ3n) is 4.51. The number of amides is 2. The number of nitrogens with zero attached hydrogens (tertiary/aromatic N) is 2. The van der Waals surface area contributed by atoms with Crippen molar-refractivity contribution in [3.63, 3.8) is 0 Å². The number of nitrogens with one attached hydrogen (secondary N) is 1. The van der Waals surface area contributed by atoms with Gasteiger partial charge in [0.05, 0.1) is 4.90 Å². The first-order valence-corrected chi connectivity index (χ1v) is 10.9. The van der Waals surface area contributed by atoms with E-state index in [4.69, 9.17) is 0 Å². The molecule has 2 amide bonds. The third kappa shape index (κ3) is 5.56. The smallest absolute Gasteiger partial charge is 0.320 e. The van der Waals surface area contributed by atoms with E-state index < -0.39 is 10.0 Å². The van der Waals surface area contributed by atoms with E-state index in [-0.39, 0.29) is 17.0 Å². The molecule has 0 unspecified atom stereocenters. The predicted octanol–water partition coefficient (Wildman–Crippen LogP) is 4.16. The molecule has 2 aromatic rings. The van der Waals surface area contributed by atoms with Crippen molar-refractivity contribution in [3.05, 3.63) is 60.2 Å². The number of carbonyl (C=O) groups excluding carboxylic acids is 1. The number of hydrogen-bond acceptors (Lipinski definition) is 3. The van der Waals surface area contributed by atoms with E-state index in [0.29, 0.717) is 18.8 Å². The van der Waals surface area contributed by atoms with Crippen molar-refractivity contribution in [3.8, 4) is 0 Å². The van der Waals surface area contributed by atoms with Crippen LogP contribution in [0.25, 0.3) is 0 Å². The molecule has 0 aliphatic rings. The highest BCUT2D eigenvalue weighted by molar-refractivity contribution is 7.89. The van der Waals surface area contributed by atoms with E-state index >= 15 is 0 Å². The molecule has 1 N–H and O–H groups in total. The summed E-state index contributed by atoms with van der Waals surface area (Å²) in [5.41, 5.74) is 1.62. The van der Waals surface area contributed by atoms with E-state index in [0.717, 1.165) is 12.0 Å². The van der Waals surface area contributed by atoms with Crippen molar-refractivity contribution in [2.75, 3.05) is 18.9 Å². The lowest BCUT2D eigenvalue weighted by atomic mass is 10.2. The molecule has 0 saturated heterocycles. The highest BCUT2D eigenvalue weighted by Gasteiger charge is 2.23. The van der Waals surface area contributed by atoms with Gasteiger partial charge in [-0.15, -0.1) is 0 Å². The number of sulfonamides is 1. The fraction of sp³-hybridized carbons (Fsp3) is 0.381. The summed E-state index contributed by atoms with van der Waals surface area (Å²) in [6, 6.07) is 15.7. The first kappa shape index (κ1) is 21.9. The Morgan fingerprint density at radius 2 is 1.64 bits per heavy atom. The van der Waals surface area contributed by atoms with Gasteiger partial charge in [0.15, 0.2) is 0 Å². The quantitative estimate of drug-likeness (QED) is 0.719. The molecule has 6 nitrogen and oxygen atoms in total. The molecule has 0 saturated carbocycles. The summed E-state index contributed by atoms with van der Waals surface area (Å²) in [6.45, 7) is 6.82. The summed E-state index contributed by atoms with van der Waals surface area (Å²) < 4.78 is 26.4. The lowest BCUT2D eigenvalue weighted by molar-refractivity contribution is 0.209. The van der Waals surface area contributed by atoms with E-state index in [1.807, 2.05) is 51.1 Å². The molecule has 2 aromatic carbocycles. The highest BCUT2D eigenvalue weighted by Crippen LogP contribution is 2.19. The maximum atomic E-state index is 12.7. The Morgan fingerprint density at radius 1 is 1.04 bits per heavy atom. The Kier molecular flexibility index (Phi) is 7.60. The molecule has 28 heavy (non-hydrogen) atoms. The van der Waals surface area contributed by atoms with Gasteiger partial charge < -0.3 is 10.2 Å². The summed E-state index contributed by atoms with van der Waals surface area (Å²) in [7, 11) is -1.98. The topological polar surface area (TPSA) is 69.7 Å². The number of rotatable bonds is 8. The summed E-state index contributed by atoms with van der Waals surface area (Å²) in [6.07, 6.45) is 0.846. The van der Waals surface area contributed by atoms with E-state index in [9.17, 15) is 13.2 Å². The van der Waals surface area contributed by atoms with Crippen molar-refractivity contribution in [2.24, 2.45) is 0 Å². The highest BCUT2D eigenvalue weighted by atomic mass is 32.2. The minimum absolute atomic E-state index is 0.134. The third-order valence-corrected chi connectivity index (χ3v) is 6.55. The number of anilines is 1. The molecule has 0 aromatic heterocycles. The van der Waals surface area contributed by atoms with Crippen molar-refractivity contribution >= 4 is 21.7 Å². The van der Waals surface area contributed by atoms with Gasteiger partial charge in [0, 0.05) is 31.9 Å². The standard InChI is InChI=1S/C21H29N3O3S/c1-5-15-24(16-18-9-7-6-8-10-18)21(25)22-19-11-13-20(14-12-19)28(26,27)23(4)17(2)3/h6-14,17H,5,15-16H2,1-4H3,(H,22,25). The van der Waals surface area contributed by atoms with Crippen LogP contribution in [0, 0.1) is 0 Å². The van der Waals surface area contributed by atoms with E-state index in [2.05, 4.69) is 5.32 Å². The largest absolute Gasteiger partial charge is 0.322 e. The number of benzene rings is 2. The van der Waals surface area contributed by atoms with Crippen LogP contribution in [0.2, 0.25) is 0 Å². The summed E-state index contributed by atoms with van der Waals surface area (Å²) in [5, 5.41) is 2.86. The van der Waals surface area contributed by atoms with Gasteiger partial charge in [0.2, 0.25) is 10.0 Å². The molecule has 0 heterocycles. The van der Waals surface area contributed by atoms with Crippen LogP contribution in [-0.2, 0) is 16.6 Å². The lowest BCUT2D eigenvalue weighted by Gasteiger charge is -2.23. The molecule has 0 radical (unpaired) electrons. The van der Waals surface area contributed by atoms with Crippen LogP contribution < -0.4 is 5.32 Å². The Hall–Kier alpha value is -2.38. The first-order valence-electron chi connectivity index (χ1n) is 9.43. The molecular weight excluding hydrogens is 374 g/mol.